The highest BCUT2D eigenvalue weighted by atomic mass is 16.2. The van der Waals surface area contributed by atoms with Gasteiger partial charge in [-0.3, -0.25) is 4.79 Å². The average Bonchev–Trinajstić information content (AvgIpc) is 2.27. The van der Waals surface area contributed by atoms with E-state index in [1.807, 2.05) is 7.05 Å². The third-order valence-electron chi connectivity index (χ3n) is 3.96. The first kappa shape index (κ1) is 10.9. The Kier molecular flexibility index (Phi) is 3.29. The molecule has 0 aromatic rings. The average molecular weight is 210 g/mol. The van der Waals surface area contributed by atoms with Crippen LogP contribution >= 0.6 is 0 Å². The van der Waals surface area contributed by atoms with Crippen molar-refractivity contribution >= 4 is 5.91 Å². The summed E-state index contributed by atoms with van der Waals surface area (Å²) >= 11 is 0. The molecule has 2 fully saturated rings. The Morgan fingerprint density at radius 3 is 2.40 bits per heavy atom. The minimum atomic E-state index is 0.0653. The molecule has 86 valence electrons. The van der Waals surface area contributed by atoms with E-state index in [0.717, 1.165) is 6.42 Å². The first-order valence-electron chi connectivity index (χ1n) is 6.23. The van der Waals surface area contributed by atoms with E-state index in [-0.39, 0.29) is 6.04 Å². The number of likely N-dealkylation sites (N-methyl/N-ethyl adjacent to an activating group) is 1. The van der Waals surface area contributed by atoms with Gasteiger partial charge in [0, 0.05) is 12.1 Å². The predicted molar refractivity (Wildman–Crippen MR) is 60.6 cm³/mol. The Balaban J connectivity index is 2.10. The van der Waals surface area contributed by atoms with Crippen molar-refractivity contribution in [2.45, 2.75) is 63.6 Å². The van der Waals surface area contributed by atoms with Crippen molar-refractivity contribution in [1.29, 1.82) is 0 Å². The molecule has 2 rings (SSSR count). The van der Waals surface area contributed by atoms with E-state index < -0.39 is 0 Å². The molecule has 0 aromatic carbocycles. The molecule has 2 aliphatic rings. The van der Waals surface area contributed by atoms with Gasteiger partial charge in [0.15, 0.2) is 0 Å². The fraction of sp³-hybridized carbons (Fsp3) is 0.917. The second-order valence-electron chi connectivity index (χ2n) is 4.95. The fourth-order valence-corrected chi connectivity index (χ4v) is 2.75. The van der Waals surface area contributed by atoms with Gasteiger partial charge in [0.05, 0.1) is 6.04 Å². The van der Waals surface area contributed by atoms with Crippen molar-refractivity contribution < 1.29 is 4.79 Å². The number of nitrogens with one attached hydrogen (secondary N) is 1. The lowest BCUT2D eigenvalue weighted by Crippen LogP contribution is -2.53. The van der Waals surface area contributed by atoms with E-state index in [1.54, 1.807) is 0 Å². The van der Waals surface area contributed by atoms with Crippen LogP contribution in [0, 0.1) is 0 Å². The van der Waals surface area contributed by atoms with Gasteiger partial charge in [0.1, 0.15) is 0 Å². The van der Waals surface area contributed by atoms with E-state index in [1.165, 1.54) is 32.1 Å². The molecule has 1 saturated carbocycles. The van der Waals surface area contributed by atoms with Gasteiger partial charge in [0.2, 0.25) is 5.91 Å². The Morgan fingerprint density at radius 1 is 1.20 bits per heavy atom. The molecule has 0 spiro atoms. The largest absolute Gasteiger partial charge is 0.336 e. The van der Waals surface area contributed by atoms with Crippen molar-refractivity contribution in [3.63, 3.8) is 0 Å². The number of amides is 1. The van der Waals surface area contributed by atoms with Crippen molar-refractivity contribution in [2.75, 3.05) is 7.05 Å². The maximum Gasteiger partial charge on any atom is 0.240 e. The molecule has 0 radical (unpaired) electrons. The maximum absolute atomic E-state index is 12.3. The predicted octanol–water partition coefficient (Wildman–Crippen LogP) is 1.53. The van der Waals surface area contributed by atoms with Gasteiger partial charge in [-0.2, -0.15) is 0 Å². The number of carbonyl (C=O) groups is 1. The molecule has 0 aromatic heterocycles. The number of nitrogens with zero attached hydrogens (tertiary/aromatic N) is 1. The molecular formula is C12H22N2O. The summed E-state index contributed by atoms with van der Waals surface area (Å²) in [5.41, 5.74) is 0. The number of carbonyl (C=O) groups excluding carboxylic acids is 1. The molecule has 1 N–H and O–H groups in total. The molecule has 1 aliphatic heterocycles. The van der Waals surface area contributed by atoms with E-state index in [9.17, 15) is 4.79 Å². The van der Waals surface area contributed by atoms with Crippen LogP contribution in [-0.2, 0) is 4.79 Å². The minimum absolute atomic E-state index is 0.0653. The summed E-state index contributed by atoms with van der Waals surface area (Å²) in [6, 6.07) is 1.05. The van der Waals surface area contributed by atoms with Gasteiger partial charge in [-0.05, 0) is 52.5 Å². The molecule has 0 bridgehead atoms. The monoisotopic (exact) mass is 210 g/mol. The molecule has 1 heterocycles. The van der Waals surface area contributed by atoms with Crippen molar-refractivity contribution in [1.82, 2.24) is 10.2 Å². The normalized spacial score (nSPS) is 33.7. The topological polar surface area (TPSA) is 32.3 Å². The molecule has 1 aliphatic carbocycles. The standard InChI is InChI=1S/C12H22N2O/c1-9-5-3-8-11(13-2)12(15)14(9)10-6-4-7-10/h9-11,13H,3-8H2,1-2H3. The zero-order chi connectivity index (χ0) is 10.8. The summed E-state index contributed by atoms with van der Waals surface area (Å²) in [6.45, 7) is 2.20. The summed E-state index contributed by atoms with van der Waals surface area (Å²) in [5.74, 6) is 0.340. The minimum Gasteiger partial charge on any atom is -0.336 e. The van der Waals surface area contributed by atoms with Crippen LogP contribution in [-0.4, -0.2) is 36.0 Å². The first-order valence-corrected chi connectivity index (χ1v) is 6.23. The first-order chi connectivity index (χ1) is 7.24. The molecule has 1 saturated heterocycles. The third-order valence-corrected chi connectivity index (χ3v) is 3.96. The van der Waals surface area contributed by atoms with Crippen LogP contribution in [0.2, 0.25) is 0 Å². The van der Waals surface area contributed by atoms with Gasteiger partial charge in [-0.25, -0.2) is 0 Å². The zero-order valence-electron chi connectivity index (χ0n) is 9.83. The lowest BCUT2D eigenvalue weighted by atomic mass is 9.90. The third kappa shape index (κ3) is 2.03. The van der Waals surface area contributed by atoms with Crippen LogP contribution in [0.15, 0.2) is 0 Å². The highest BCUT2D eigenvalue weighted by Crippen LogP contribution is 2.30. The summed E-state index contributed by atoms with van der Waals surface area (Å²) < 4.78 is 0. The Morgan fingerprint density at radius 2 is 1.87 bits per heavy atom. The second-order valence-corrected chi connectivity index (χ2v) is 4.95. The van der Waals surface area contributed by atoms with Crippen LogP contribution in [0.25, 0.3) is 0 Å². The van der Waals surface area contributed by atoms with E-state index >= 15 is 0 Å². The Hall–Kier alpha value is -0.570. The molecular weight excluding hydrogens is 188 g/mol. The lowest BCUT2D eigenvalue weighted by Gasteiger charge is -2.41. The van der Waals surface area contributed by atoms with Crippen LogP contribution in [0.1, 0.15) is 45.4 Å². The van der Waals surface area contributed by atoms with Gasteiger partial charge in [0.25, 0.3) is 0 Å². The number of hydrogen-bond donors (Lipinski definition) is 1. The summed E-state index contributed by atoms with van der Waals surface area (Å²) in [4.78, 5) is 14.4. The SMILES string of the molecule is CNC1CCCC(C)N(C2CCC2)C1=O. The second kappa shape index (κ2) is 4.52. The summed E-state index contributed by atoms with van der Waals surface area (Å²) in [7, 11) is 1.90. The number of rotatable bonds is 2. The quantitative estimate of drug-likeness (QED) is 0.749. The lowest BCUT2D eigenvalue weighted by molar-refractivity contribution is -0.139. The number of hydrogen-bond acceptors (Lipinski definition) is 2. The highest BCUT2D eigenvalue weighted by Gasteiger charge is 2.36. The Labute approximate surface area is 92.2 Å². The summed E-state index contributed by atoms with van der Waals surface area (Å²) in [6.07, 6.45) is 7.06. The van der Waals surface area contributed by atoms with E-state index in [0.29, 0.717) is 18.0 Å². The van der Waals surface area contributed by atoms with Crippen LogP contribution in [0.4, 0.5) is 0 Å². The Bertz CT molecular complexity index is 238. The van der Waals surface area contributed by atoms with E-state index in [4.69, 9.17) is 0 Å². The zero-order valence-corrected chi connectivity index (χ0v) is 9.83. The van der Waals surface area contributed by atoms with Crippen molar-refractivity contribution in [3.05, 3.63) is 0 Å². The fourth-order valence-electron chi connectivity index (χ4n) is 2.75. The van der Waals surface area contributed by atoms with Crippen molar-refractivity contribution in [2.24, 2.45) is 0 Å². The maximum atomic E-state index is 12.3. The molecule has 2 atom stereocenters. The van der Waals surface area contributed by atoms with E-state index in [2.05, 4.69) is 17.1 Å². The van der Waals surface area contributed by atoms with Gasteiger partial charge in [-0.15, -0.1) is 0 Å². The van der Waals surface area contributed by atoms with Crippen molar-refractivity contribution in [3.8, 4) is 0 Å². The molecule has 2 unspecified atom stereocenters. The molecule has 1 amide bonds. The van der Waals surface area contributed by atoms with Gasteiger partial charge in [-0.1, -0.05) is 0 Å². The molecule has 3 heteroatoms. The van der Waals surface area contributed by atoms with Crippen LogP contribution < -0.4 is 5.32 Å². The van der Waals surface area contributed by atoms with Crippen LogP contribution in [0.3, 0.4) is 0 Å². The van der Waals surface area contributed by atoms with Crippen LogP contribution in [0.5, 0.6) is 0 Å². The summed E-state index contributed by atoms with van der Waals surface area (Å²) in [5, 5.41) is 3.16. The molecule has 3 nitrogen and oxygen atoms in total. The highest BCUT2D eigenvalue weighted by molar-refractivity contribution is 5.82. The number of likely N-dealkylation sites (tertiary alicyclic amines) is 1. The molecule has 15 heavy (non-hydrogen) atoms. The smallest absolute Gasteiger partial charge is 0.240 e. The van der Waals surface area contributed by atoms with Gasteiger partial charge >= 0.3 is 0 Å². The van der Waals surface area contributed by atoms with Gasteiger partial charge < -0.3 is 10.2 Å².